The standard InChI is InChI=1S/C21H26N4O3S/c1-2-3-6-19(26)23-21(29)22-16-7-9-17(10-8-16)24-11-13-25(14-12-24)20(27)18-5-4-15-28-18/h4-5,7-10,15H,2-3,6,11-14H2,1H3,(H2,22,23,26,29). The number of hydrogen-bond acceptors (Lipinski definition) is 5. The molecule has 1 fully saturated rings. The van der Waals surface area contributed by atoms with E-state index in [1.54, 1.807) is 12.1 Å². The summed E-state index contributed by atoms with van der Waals surface area (Å²) in [5.41, 5.74) is 1.90. The molecule has 2 heterocycles. The molecular weight excluding hydrogens is 388 g/mol. The van der Waals surface area contributed by atoms with Gasteiger partial charge in [0.05, 0.1) is 6.26 Å². The molecule has 7 nitrogen and oxygen atoms in total. The number of rotatable bonds is 6. The topological polar surface area (TPSA) is 77.8 Å². The van der Waals surface area contributed by atoms with E-state index in [4.69, 9.17) is 16.6 Å². The lowest BCUT2D eigenvalue weighted by Gasteiger charge is -2.35. The Hall–Kier alpha value is -2.87. The Morgan fingerprint density at radius 2 is 1.83 bits per heavy atom. The van der Waals surface area contributed by atoms with Gasteiger partial charge in [-0.2, -0.15) is 0 Å². The van der Waals surface area contributed by atoms with E-state index in [0.29, 0.717) is 30.4 Å². The van der Waals surface area contributed by atoms with Gasteiger partial charge in [0.1, 0.15) is 0 Å². The summed E-state index contributed by atoms with van der Waals surface area (Å²) >= 11 is 5.19. The number of nitrogens with zero attached hydrogens (tertiary/aromatic N) is 2. The van der Waals surface area contributed by atoms with Crippen molar-refractivity contribution in [3.05, 3.63) is 48.4 Å². The number of amides is 2. The number of unbranched alkanes of at least 4 members (excludes halogenated alkanes) is 1. The molecule has 0 spiro atoms. The lowest BCUT2D eigenvalue weighted by atomic mass is 10.2. The SMILES string of the molecule is CCCCC(=O)NC(=S)Nc1ccc(N2CCN(C(=O)c3ccco3)CC2)cc1. The first-order valence-electron chi connectivity index (χ1n) is 9.85. The summed E-state index contributed by atoms with van der Waals surface area (Å²) < 4.78 is 5.20. The Balaban J connectivity index is 1.47. The van der Waals surface area contributed by atoms with Crippen molar-refractivity contribution in [2.75, 3.05) is 36.4 Å². The van der Waals surface area contributed by atoms with E-state index in [1.807, 2.05) is 36.1 Å². The van der Waals surface area contributed by atoms with Crippen LogP contribution in [0.1, 0.15) is 36.7 Å². The van der Waals surface area contributed by atoms with Gasteiger partial charge in [-0.15, -0.1) is 0 Å². The van der Waals surface area contributed by atoms with Gasteiger partial charge >= 0.3 is 0 Å². The molecule has 0 saturated carbocycles. The predicted molar refractivity (Wildman–Crippen MR) is 117 cm³/mol. The molecule has 8 heteroatoms. The number of thiocarbonyl (C=S) groups is 1. The minimum Gasteiger partial charge on any atom is -0.459 e. The minimum absolute atomic E-state index is 0.0660. The summed E-state index contributed by atoms with van der Waals surface area (Å²) in [5, 5.41) is 6.04. The number of anilines is 2. The molecule has 2 aromatic rings. The maximum Gasteiger partial charge on any atom is 0.289 e. The Kier molecular flexibility index (Phi) is 7.24. The van der Waals surface area contributed by atoms with E-state index < -0.39 is 0 Å². The average Bonchev–Trinajstić information content (AvgIpc) is 3.27. The fraction of sp³-hybridized carbons (Fsp3) is 0.381. The zero-order chi connectivity index (χ0) is 20.6. The smallest absolute Gasteiger partial charge is 0.289 e. The van der Waals surface area contributed by atoms with Crippen molar-refractivity contribution in [3.63, 3.8) is 0 Å². The Morgan fingerprint density at radius 3 is 2.45 bits per heavy atom. The molecule has 0 bridgehead atoms. The maximum atomic E-state index is 12.3. The monoisotopic (exact) mass is 414 g/mol. The Bertz CT molecular complexity index is 828. The quantitative estimate of drug-likeness (QED) is 0.707. The van der Waals surface area contributed by atoms with E-state index in [1.165, 1.54) is 6.26 Å². The van der Waals surface area contributed by atoms with Crippen LogP contribution in [0.2, 0.25) is 0 Å². The highest BCUT2D eigenvalue weighted by Crippen LogP contribution is 2.20. The van der Waals surface area contributed by atoms with Crippen molar-refractivity contribution < 1.29 is 14.0 Å². The molecule has 1 saturated heterocycles. The van der Waals surface area contributed by atoms with Crippen LogP contribution >= 0.6 is 12.2 Å². The van der Waals surface area contributed by atoms with Gasteiger partial charge in [-0.3, -0.25) is 9.59 Å². The molecule has 0 radical (unpaired) electrons. The lowest BCUT2D eigenvalue weighted by molar-refractivity contribution is -0.119. The molecule has 1 aromatic heterocycles. The first-order valence-corrected chi connectivity index (χ1v) is 10.3. The van der Waals surface area contributed by atoms with Gasteiger partial charge in [-0.05, 0) is 55.0 Å². The fourth-order valence-electron chi connectivity index (χ4n) is 3.17. The number of carbonyl (C=O) groups is 2. The summed E-state index contributed by atoms with van der Waals surface area (Å²) in [6, 6.07) is 11.3. The van der Waals surface area contributed by atoms with Crippen LogP contribution in [0.25, 0.3) is 0 Å². The zero-order valence-electron chi connectivity index (χ0n) is 16.5. The van der Waals surface area contributed by atoms with Crippen LogP contribution in [0.5, 0.6) is 0 Å². The number of carbonyl (C=O) groups excluding carboxylic acids is 2. The molecule has 0 atom stereocenters. The fourth-order valence-corrected chi connectivity index (χ4v) is 3.40. The van der Waals surface area contributed by atoms with E-state index >= 15 is 0 Å². The molecule has 3 rings (SSSR count). The molecule has 2 N–H and O–H groups in total. The summed E-state index contributed by atoms with van der Waals surface area (Å²) in [5.74, 6) is 0.248. The first-order chi connectivity index (χ1) is 14.1. The molecular formula is C21H26N4O3S. The van der Waals surface area contributed by atoms with Crippen molar-refractivity contribution >= 4 is 40.5 Å². The van der Waals surface area contributed by atoms with E-state index in [2.05, 4.69) is 15.5 Å². The second-order valence-electron chi connectivity index (χ2n) is 6.91. The molecule has 1 aliphatic rings. The summed E-state index contributed by atoms with van der Waals surface area (Å²) in [6.07, 6.45) is 3.82. The summed E-state index contributed by atoms with van der Waals surface area (Å²) in [6.45, 7) is 4.85. The van der Waals surface area contributed by atoms with E-state index in [-0.39, 0.29) is 11.8 Å². The summed E-state index contributed by atoms with van der Waals surface area (Å²) in [4.78, 5) is 28.1. The number of furan rings is 1. The molecule has 1 aliphatic heterocycles. The van der Waals surface area contributed by atoms with Crippen LogP contribution in [-0.2, 0) is 4.79 Å². The number of hydrogen-bond donors (Lipinski definition) is 2. The van der Waals surface area contributed by atoms with Gasteiger partial charge in [-0.1, -0.05) is 13.3 Å². The second kappa shape index (κ2) is 10.1. The van der Waals surface area contributed by atoms with Crippen LogP contribution in [0.3, 0.4) is 0 Å². The third-order valence-corrected chi connectivity index (χ3v) is 5.00. The van der Waals surface area contributed by atoms with Crippen LogP contribution < -0.4 is 15.5 Å². The molecule has 2 amide bonds. The molecule has 29 heavy (non-hydrogen) atoms. The minimum atomic E-state index is -0.0667. The van der Waals surface area contributed by atoms with Crippen molar-refractivity contribution in [3.8, 4) is 0 Å². The molecule has 0 aliphatic carbocycles. The highest BCUT2D eigenvalue weighted by atomic mass is 32.1. The first kappa shape index (κ1) is 20.9. The van der Waals surface area contributed by atoms with Crippen molar-refractivity contribution in [2.24, 2.45) is 0 Å². The normalized spacial score (nSPS) is 13.8. The van der Waals surface area contributed by atoms with Gasteiger partial charge in [-0.25, -0.2) is 0 Å². The number of piperazine rings is 1. The van der Waals surface area contributed by atoms with Gasteiger partial charge < -0.3 is 24.9 Å². The van der Waals surface area contributed by atoms with Crippen molar-refractivity contribution in [2.45, 2.75) is 26.2 Å². The van der Waals surface area contributed by atoms with Crippen LogP contribution in [0, 0.1) is 0 Å². The maximum absolute atomic E-state index is 12.3. The van der Waals surface area contributed by atoms with Gasteiger partial charge in [0.2, 0.25) is 5.91 Å². The largest absolute Gasteiger partial charge is 0.459 e. The van der Waals surface area contributed by atoms with Crippen LogP contribution in [-0.4, -0.2) is 48.0 Å². The number of benzene rings is 1. The Morgan fingerprint density at radius 1 is 1.10 bits per heavy atom. The van der Waals surface area contributed by atoms with Gasteiger partial charge in [0, 0.05) is 44.0 Å². The predicted octanol–water partition coefficient (Wildman–Crippen LogP) is 3.25. The lowest BCUT2D eigenvalue weighted by Crippen LogP contribution is -2.48. The van der Waals surface area contributed by atoms with Crippen molar-refractivity contribution in [1.29, 1.82) is 0 Å². The summed E-state index contributed by atoms with van der Waals surface area (Å²) in [7, 11) is 0. The molecule has 1 aromatic carbocycles. The van der Waals surface area contributed by atoms with Gasteiger partial charge in [0.25, 0.3) is 5.91 Å². The average molecular weight is 415 g/mol. The molecule has 154 valence electrons. The van der Waals surface area contributed by atoms with Crippen LogP contribution in [0.4, 0.5) is 11.4 Å². The third kappa shape index (κ3) is 5.80. The second-order valence-corrected chi connectivity index (χ2v) is 7.32. The van der Waals surface area contributed by atoms with E-state index in [9.17, 15) is 9.59 Å². The third-order valence-electron chi connectivity index (χ3n) is 4.80. The number of nitrogens with one attached hydrogen (secondary N) is 2. The molecule has 0 unspecified atom stereocenters. The van der Waals surface area contributed by atoms with E-state index in [0.717, 1.165) is 37.3 Å². The van der Waals surface area contributed by atoms with Crippen LogP contribution in [0.15, 0.2) is 47.1 Å². The zero-order valence-corrected chi connectivity index (χ0v) is 17.3. The Labute approximate surface area is 176 Å². The highest BCUT2D eigenvalue weighted by molar-refractivity contribution is 7.80. The van der Waals surface area contributed by atoms with Gasteiger partial charge in [0.15, 0.2) is 10.9 Å². The van der Waals surface area contributed by atoms with Crippen molar-refractivity contribution in [1.82, 2.24) is 10.2 Å². The highest BCUT2D eigenvalue weighted by Gasteiger charge is 2.23.